The quantitative estimate of drug-likeness (QED) is 0.683. The number of hydrogen-bond acceptors (Lipinski definition) is 3. The molecule has 0 spiro atoms. The maximum atomic E-state index is 12.6. The van der Waals surface area contributed by atoms with Gasteiger partial charge in [0, 0.05) is 0 Å². The molecule has 9 heteroatoms. The summed E-state index contributed by atoms with van der Waals surface area (Å²) >= 11 is 8.49. The van der Waals surface area contributed by atoms with Crippen molar-refractivity contribution in [2.45, 2.75) is 12.3 Å². The number of rotatable bonds is 4. The Morgan fingerprint density at radius 3 is 2.62 bits per heavy atom. The molecule has 1 heterocycles. The van der Waals surface area contributed by atoms with Crippen molar-refractivity contribution in [2.24, 2.45) is 0 Å². The summed E-state index contributed by atoms with van der Waals surface area (Å²) in [7, 11) is 0. The Morgan fingerprint density at radius 2 is 2.06 bits per heavy atom. The van der Waals surface area contributed by atoms with Crippen molar-refractivity contribution in [1.29, 1.82) is 0 Å². The summed E-state index contributed by atoms with van der Waals surface area (Å²) in [5.41, 5.74) is 0. The van der Waals surface area contributed by atoms with Gasteiger partial charge in [0.05, 0.1) is 11.0 Å². The highest BCUT2D eigenvalue weighted by atomic mass is 79.9. The molecule has 0 aromatic carbocycles. The SMILES string of the molecule is FC(F)C(F)(F)CNc1ncnc(Cl)c1Br. The van der Waals surface area contributed by atoms with Crippen molar-refractivity contribution >= 4 is 33.3 Å². The summed E-state index contributed by atoms with van der Waals surface area (Å²) in [6.45, 7) is -1.24. The van der Waals surface area contributed by atoms with Crippen LogP contribution in [0.4, 0.5) is 23.4 Å². The van der Waals surface area contributed by atoms with Crippen LogP contribution in [0.1, 0.15) is 0 Å². The number of nitrogens with one attached hydrogen (secondary N) is 1. The Kier molecular flexibility index (Phi) is 4.31. The van der Waals surface area contributed by atoms with Crippen LogP contribution in [0.5, 0.6) is 0 Å². The molecular weight excluding hydrogens is 317 g/mol. The van der Waals surface area contributed by atoms with Gasteiger partial charge >= 0.3 is 12.3 Å². The van der Waals surface area contributed by atoms with Crippen LogP contribution in [0.3, 0.4) is 0 Å². The Labute approximate surface area is 101 Å². The van der Waals surface area contributed by atoms with Crippen LogP contribution in [0.2, 0.25) is 5.15 Å². The first kappa shape index (κ1) is 13.4. The van der Waals surface area contributed by atoms with Gasteiger partial charge in [0.15, 0.2) is 0 Å². The van der Waals surface area contributed by atoms with Gasteiger partial charge < -0.3 is 5.32 Å². The zero-order chi connectivity index (χ0) is 12.3. The summed E-state index contributed by atoms with van der Waals surface area (Å²) in [6.07, 6.45) is -2.72. The predicted octanol–water partition coefficient (Wildman–Crippen LogP) is 3.20. The molecule has 90 valence electrons. The van der Waals surface area contributed by atoms with Crippen LogP contribution < -0.4 is 5.32 Å². The molecule has 0 fully saturated rings. The number of nitrogens with zero attached hydrogens (tertiary/aromatic N) is 2. The lowest BCUT2D eigenvalue weighted by Gasteiger charge is -2.16. The third-order valence-electron chi connectivity index (χ3n) is 1.56. The average Bonchev–Trinajstić information content (AvgIpc) is 2.20. The summed E-state index contributed by atoms with van der Waals surface area (Å²) in [5.74, 6) is -4.20. The molecule has 16 heavy (non-hydrogen) atoms. The molecule has 0 saturated heterocycles. The van der Waals surface area contributed by atoms with E-state index in [0.717, 1.165) is 6.33 Å². The fourth-order valence-corrected chi connectivity index (χ4v) is 1.23. The van der Waals surface area contributed by atoms with E-state index in [4.69, 9.17) is 11.6 Å². The van der Waals surface area contributed by atoms with Crippen molar-refractivity contribution in [3.63, 3.8) is 0 Å². The number of hydrogen-bond donors (Lipinski definition) is 1. The second kappa shape index (κ2) is 5.13. The standard InChI is InChI=1S/C7H5BrClF4N3/c8-3-4(9)15-2-16-5(3)14-1-7(12,13)6(10)11/h2,6H,1H2,(H,14,15,16). The fourth-order valence-electron chi connectivity index (χ4n) is 0.750. The van der Waals surface area contributed by atoms with Crippen molar-refractivity contribution in [1.82, 2.24) is 9.97 Å². The summed E-state index contributed by atoms with van der Waals surface area (Å²) in [4.78, 5) is 7.12. The minimum Gasteiger partial charge on any atom is -0.363 e. The highest BCUT2D eigenvalue weighted by molar-refractivity contribution is 9.10. The first-order chi connectivity index (χ1) is 7.34. The van der Waals surface area contributed by atoms with Gasteiger partial charge in [-0.25, -0.2) is 18.7 Å². The monoisotopic (exact) mass is 321 g/mol. The van der Waals surface area contributed by atoms with E-state index in [-0.39, 0.29) is 15.4 Å². The van der Waals surface area contributed by atoms with E-state index >= 15 is 0 Å². The lowest BCUT2D eigenvalue weighted by molar-refractivity contribution is -0.117. The fraction of sp³-hybridized carbons (Fsp3) is 0.429. The first-order valence-electron chi connectivity index (χ1n) is 3.90. The van der Waals surface area contributed by atoms with E-state index in [1.807, 2.05) is 0 Å². The van der Waals surface area contributed by atoms with Crippen LogP contribution >= 0.6 is 27.5 Å². The topological polar surface area (TPSA) is 37.8 Å². The minimum absolute atomic E-state index is 0.00198. The van der Waals surface area contributed by atoms with Crippen molar-refractivity contribution < 1.29 is 17.6 Å². The van der Waals surface area contributed by atoms with Crippen LogP contribution in [0, 0.1) is 0 Å². The van der Waals surface area contributed by atoms with E-state index < -0.39 is 18.9 Å². The molecule has 1 aromatic rings. The second-order valence-electron chi connectivity index (χ2n) is 2.74. The minimum atomic E-state index is -4.13. The lowest BCUT2D eigenvalue weighted by Crippen LogP contribution is -2.35. The highest BCUT2D eigenvalue weighted by Gasteiger charge is 2.40. The molecule has 0 aliphatic rings. The Hall–Kier alpha value is -0.630. The van der Waals surface area contributed by atoms with E-state index in [2.05, 4.69) is 31.2 Å². The lowest BCUT2D eigenvalue weighted by atomic mass is 10.3. The third-order valence-corrected chi connectivity index (χ3v) is 2.82. The molecule has 0 bridgehead atoms. The Morgan fingerprint density at radius 1 is 1.44 bits per heavy atom. The van der Waals surface area contributed by atoms with E-state index in [1.165, 1.54) is 0 Å². The second-order valence-corrected chi connectivity index (χ2v) is 3.89. The maximum Gasteiger partial charge on any atom is 0.324 e. The molecular formula is C7H5BrClF4N3. The number of halogens is 6. The molecule has 0 aliphatic heterocycles. The average molecular weight is 322 g/mol. The molecule has 0 unspecified atom stereocenters. The van der Waals surface area contributed by atoms with Crippen LogP contribution in [-0.4, -0.2) is 28.9 Å². The normalized spacial score (nSPS) is 11.9. The zero-order valence-electron chi connectivity index (χ0n) is 7.52. The first-order valence-corrected chi connectivity index (χ1v) is 5.07. The molecule has 0 amide bonds. The number of anilines is 1. The van der Waals surface area contributed by atoms with Crippen LogP contribution in [-0.2, 0) is 0 Å². The molecule has 0 aliphatic carbocycles. The summed E-state index contributed by atoms with van der Waals surface area (Å²) < 4.78 is 48.9. The van der Waals surface area contributed by atoms with Gasteiger partial charge in [-0.3, -0.25) is 0 Å². The highest BCUT2D eigenvalue weighted by Crippen LogP contribution is 2.28. The molecule has 0 atom stereocenters. The van der Waals surface area contributed by atoms with Gasteiger partial charge in [-0.05, 0) is 15.9 Å². The van der Waals surface area contributed by atoms with Crippen molar-refractivity contribution in [3.8, 4) is 0 Å². The maximum absolute atomic E-state index is 12.6. The Bertz CT molecular complexity index is 377. The molecule has 1 N–H and O–H groups in total. The van der Waals surface area contributed by atoms with Crippen LogP contribution in [0.25, 0.3) is 0 Å². The molecule has 1 aromatic heterocycles. The van der Waals surface area contributed by atoms with E-state index in [0.29, 0.717) is 0 Å². The summed E-state index contributed by atoms with van der Waals surface area (Å²) in [6, 6.07) is 0. The zero-order valence-corrected chi connectivity index (χ0v) is 9.87. The van der Waals surface area contributed by atoms with Crippen LogP contribution in [0.15, 0.2) is 10.8 Å². The van der Waals surface area contributed by atoms with E-state index in [1.54, 1.807) is 0 Å². The Balaban J connectivity index is 2.72. The molecule has 0 radical (unpaired) electrons. The largest absolute Gasteiger partial charge is 0.363 e. The molecule has 3 nitrogen and oxygen atoms in total. The molecule has 0 saturated carbocycles. The molecule has 1 rings (SSSR count). The predicted molar refractivity (Wildman–Crippen MR) is 54.2 cm³/mol. The van der Waals surface area contributed by atoms with E-state index in [9.17, 15) is 17.6 Å². The third kappa shape index (κ3) is 3.18. The van der Waals surface area contributed by atoms with Crippen molar-refractivity contribution in [3.05, 3.63) is 16.0 Å². The summed E-state index contributed by atoms with van der Waals surface area (Å²) in [5, 5.41) is 2.06. The van der Waals surface area contributed by atoms with Gasteiger partial charge in [-0.1, -0.05) is 11.6 Å². The van der Waals surface area contributed by atoms with Gasteiger partial charge in [-0.2, -0.15) is 8.78 Å². The smallest absolute Gasteiger partial charge is 0.324 e. The van der Waals surface area contributed by atoms with Gasteiger partial charge in [0.2, 0.25) is 0 Å². The van der Waals surface area contributed by atoms with Gasteiger partial charge in [0.1, 0.15) is 17.3 Å². The number of alkyl halides is 4. The number of aromatic nitrogens is 2. The van der Waals surface area contributed by atoms with Gasteiger partial charge in [-0.15, -0.1) is 0 Å². The van der Waals surface area contributed by atoms with Gasteiger partial charge in [0.25, 0.3) is 0 Å². The van der Waals surface area contributed by atoms with Crippen molar-refractivity contribution in [2.75, 3.05) is 11.9 Å².